The number of methoxy groups -OCH3 is 1. The average molecular weight is 288 g/mol. The van der Waals surface area contributed by atoms with Crippen molar-refractivity contribution >= 4 is 29.1 Å². The van der Waals surface area contributed by atoms with Gasteiger partial charge in [0.15, 0.2) is 0 Å². The maximum absolute atomic E-state index is 11.9. The first-order valence-electron chi connectivity index (χ1n) is 5.74. The van der Waals surface area contributed by atoms with Gasteiger partial charge >= 0.3 is 0 Å². The summed E-state index contributed by atoms with van der Waals surface area (Å²) in [5.41, 5.74) is 0.911. The molecule has 5 heteroatoms. The summed E-state index contributed by atoms with van der Waals surface area (Å²) in [5, 5.41) is 0. The van der Waals surface area contributed by atoms with Crippen molar-refractivity contribution in [2.45, 2.75) is 30.3 Å². The van der Waals surface area contributed by atoms with E-state index in [1.807, 2.05) is 38.1 Å². The number of β-lactam (4-membered cyclic amide) rings is 1. The van der Waals surface area contributed by atoms with Gasteiger partial charge in [-0.25, -0.2) is 0 Å². The lowest BCUT2D eigenvalue weighted by Crippen LogP contribution is -2.64. The summed E-state index contributed by atoms with van der Waals surface area (Å²) in [7, 11) is 1.61. The summed E-state index contributed by atoms with van der Waals surface area (Å²) >= 11 is 12.2. The van der Waals surface area contributed by atoms with Gasteiger partial charge in [0.05, 0.1) is 13.2 Å². The van der Waals surface area contributed by atoms with Gasteiger partial charge in [0.2, 0.25) is 4.33 Å². The molecule has 1 saturated heterocycles. The van der Waals surface area contributed by atoms with E-state index in [0.29, 0.717) is 0 Å². The minimum atomic E-state index is -1.36. The highest BCUT2D eigenvalue weighted by Gasteiger charge is 2.60. The SMILES string of the molecule is COc1ccc(C2N(C(C)C)C(=O)C2(Cl)Cl)cc1. The number of amides is 1. The first-order chi connectivity index (χ1) is 8.39. The van der Waals surface area contributed by atoms with Crippen molar-refractivity contribution in [1.82, 2.24) is 4.90 Å². The fourth-order valence-corrected chi connectivity index (χ4v) is 2.86. The number of ether oxygens (including phenoxy) is 1. The van der Waals surface area contributed by atoms with Crippen LogP contribution in [0.3, 0.4) is 0 Å². The molecule has 1 heterocycles. The van der Waals surface area contributed by atoms with E-state index in [1.165, 1.54) is 0 Å². The number of nitrogens with zero attached hydrogens (tertiary/aromatic N) is 1. The Morgan fingerprint density at radius 1 is 1.28 bits per heavy atom. The van der Waals surface area contributed by atoms with Gasteiger partial charge in [-0.2, -0.15) is 0 Å². The molecular formula is C13H15Cl2NO2. The van der Waals surface area contributed by atoms with Crippen LogP contribution in [0.2, 0.25) is 0 Å². The smallest absolute Gasteiger partial charge is 0.262 e. The van der Waals surface area contributed by atoms with E-state index in [9.17, 15) is 4.79 Å². The Bertz CT molecular complexity index is 457. The largest absolute Gasteiger partial charge is 0.497 e. The molecule has 1 unspecified atom stereocenters. The maximum atomic E-state index is 11.9. The number of likely N-dealkylation sites (tertiary alicyclic amines) is 1. The van der Waals surface area contributed by atoms with Gasteiger partial charge in [-0.1, -0.05) is 35.3 Å². The van der Waals surface area contributed by atoms with Crippen molar-refractivity contribution in [3.8, 4) is 5.75 Å². The van der Waals surface area contributed by atoms with Crippen LogP contribution in [0, 0.1) is 0 Å². The summed E-state index contributed by atoms with van der Waals surface area (Å²) < 4.78 is 3.74. The summed E-state index contributed by atoms with van der Waals surface area (Å²) in [6.45, 7) is 3.88. The van der Waals surface area contributed by atoms with Gasteiger partial charge in [0, 0.05) is 6.04 Å². The molecule has 1 fully saturated rings. The van der Waals surface area contributed by atoms with Gasteiger partial charge in [-0.05, 0) is 31.5 Å². The molecule has 0 saturated carbocycles. The molecular weight excluding hydrogens is 273 g/mol. The fourth-order valence-electron chi connectivity index (χ4n) is 2.20. The number of hydrogen-bond donors (Lipinski definition) is 0. The standard InChI is InChI=1S/C13H15Cl2NO2/c1-8(2)16-11(13(14,15)12(16)17)9-4-6-10(18-3)7-5-9/h4-8,11H,1-3H3. The predicted octanol–water partition coefficient (Wildman–Crippen LogP) is 3.16. The number of carbonyl (C=O) groups is 1. The van der Waals surface area contributed by atoms with Crippen LogP contribution in [-0.4, -0.2) is 28.3 Å². The van der Waals surface area contributed by atoms with Crippen LogP contribution in [0.5, 0.6) is 5.75 Å². The first kappa shape index (κ1) is 13.5. The quantitative estimate of drug-likeness (QED) is 0.631. The average Bonchev–Trinajstić information content (AvgIpc) is 2.34. The minimum absolute atomic E-state index is 0.0650. The Morgan fingerprint density at radius 3 is 2.28 bits per heavy atom. The molecule has 1 aromatic carbocycles. The second-order valence-corrected chi connectivity index (χ2v) is 5.99. The van der Waals surface area contributed by atoms with E-state index in [2.05, 4.69) is 0 Å². The Balaban J connectivity index is 2.32. The fraction of sp³-hybridized carbons (Fsp3) is 0.462. The lowest BCUT2D eigenvalue weighted by Gasteiger charge is -2.51. The summed E-state index contributed by atoms with van der Waals surface area (Å²) in [6.07, 6.45) is 0. The second kappa shape index (κ2) is 4.63. The lowest BCUT2D eigenvalue weighted by atomic mass is 9.91. The topological polar surface area (TPSA) is 29.5 Å². The second-order valence-electron chi connectivity index (χ2n) is 4.60. The van der Waals surface area contributed by atoms with E-state index >= 15 is 0 Å². The summed E-state index contributed by atoms with van der Waals surface area (Å²) in [6, 6.07) is 7.19. The normalized spacial score (nSPS) is 22.0. The van der Waals surface area contributed by atoms with Crippen LogP contribution < -0.4 is 4.74 Å². The van der Waals surface area contributed by atoms with Crippen LogP contribution in [0.25, 0.3) is 0 Å². The highest BCUT2D eigenvalue weighted by molar-refractivity contribution is 6.60. The van der Waals surface area contributed by atoms with E-state index in [-0.39, 0.29) is 18.0 Å². The van der Waals surface area contributed by atoms with Crippen LogP contribution in [0.1, 0.15) is 25.5 Å². The van der Waals surface area contributed by atoms with Crippen molar-refractivity contribution in [2.75, 3.05) is 7.11 Å². The summed E-state index contributed by atoms with van der Waals surface area (Å²) in [4.78, 5) is 13.6. The zero-order valence-electron chi connectivity index (χ0n) is 10.5. The third-order valence-corrected chi connectivity index (χ3v) is 3.87. The highest BCUT2D eigenvalue weighted by atomic mass is 35.5. The molecule has 1 aliphatic rings. The molecule has 1 atom stereocenters. The van der Waals surface area contributed by atoms with E-state index in [1.54, 1.807) is 12.0 Å². The Hall–Kier alpha value is -0.930. The molecule has 1 aliphatic heterocycles. The zero-order chi connectivity index (χ0) is 13.5. The summed E-state index contributed by atoms with van der Waals surface area (Å²) in [5.74, 6) is 0.525. The first-order valence-corrected chi connectivity index (χ1v) is 6.49. The van der Waals surface area contributed by atoms with Crippen molar-refractivity contribution in [2.24, 2.45) is 0 Å². The number of hydrogen-bond acceptors (Lipinski definition) is 2. The van der Waals surface area contributed by atoms with Crippen LogP contribution >= 0.6 is 23.2 Å². The molecule has 0 N–H and O–H groups in total. The van der Waals surface area contributed by atoms with Crippen LogP contribution in [0.15, 0.2) is 24.3 Å². The van der Waals surface area contributed by atoms with Crippen molar-refractivity contribution < 1.29 is 9.53 Å². The maximum Gasteiger partial charge on any atom is 0.262 e. The molecule has 0 aliphatic carbocycles. The van der Waals surface area contributed by atoms with Crippen molar-refractivity contribution in [3.63, 3.8) is 0 Å². The Kier molecular flexibility index (Phi) is 3.47. The van der Waals surface area contributed by atoms with Gasteiger partial charge in [0.25, 0.3) is 5.91 Å². The number of carbonyl (C=O) groups excluding carboxylic acids is 1. The number of benzene rings is 1. The number of rotatable bonds is 3. The molecule has 0 aromatic heterocycles. The lowest BCUT2D eigenvalue weighted by molar-refractivity contribution is -0.151. The number of halogens is 2. The van der Waals surface area contributed by atoms with Crippen LogP contribution in [0.4, 0.5) is 0 Å². The van der Waals surface area contributed by atoms with Crippen LogP contribution in [-0.2, 0) is 4.79 Å². The minimum Gasteiger partial charge on any atom is -0.497 e. The molecule has 0 bridgehead atoms. The molecule has 98 valence electrons. The monoisotopic (exact) mass is 287 g/mol. The predicted molar refractivity (Wildman–Crippen MR) is 72.2 cm³/mol. The highest BCUT2D eigenvalue weighted by Crippen LogP contribution is 2.51. The van der Waals surface area contributed by atoms with Gasteiger partial charge in [-0.3, -0.25) is 4.79 Å². The molecule has 0 radical (unpaired) electrons. The molecule has 3 nitrogen and oxygen atoms in total. The Labute approximate surface area is 117 Å². The van der Waals surface area contributed by atoms with Gasteiger partial charge < -0.3 is 9.64 Å². The Morgan fingerprint density at radius 2 is 1.83 bits per heavy atom. The third-order valence-electron chi connectivity index (χ3n) is 3.13. The zero-order valence-corrected chi connectivity index (χ0v) is 12.0. The molecule has 0 spiro atoms. The van der Waals surface area contributed by atoms with E-state index in [4.69, 9.17) is 27.9 Å². The number of alkyl halides is 2. The third kappa shape index (κ3) is 1.95. The molecule has 1 aromatic rings. The molecule has 1 amide bonds. The molecule has 2 rings (SSSR count). The van der Waals surface area contributed by atoms with E-state index < -0.39 is 4.33 Å². The van der Waals surface area contributed by atoms with Crippen molar-refractivity contribution in [1.29, 1.82) is 0 Å². The molecule has 18 heavy (non-hydrogen) atoms. The van der Waals surface area contributed by atoms with Gasteiger partial charge in [-0.15, -0.1) is 0 Å². The van der Waals surface area contributed by atoms with Gasteiger partial charge in [0.1, 0.15) is 5.75 Å². The van der Waals surface area contributed by atoms with E-state index in [0.717, 1.165) is 11.3 Å². The van der Waals surface area contributed by atoms with Crippen molar-refractivity contribution in [3.05, 3.63) is 29.8 Å².